The first-order valence-corrected chi connectivity index (χ1v) is 12.0. The minimum absolute atomic E-state index is 0.182. The molecule has 9 nitrogen and oxygen atoms in total. The summed E-state index contributed by atoms with van der Waals surface area (Å²) in [6.07, 6.45) is 3.05. The average Bonchev–Trinajstić information content (AvgIpc) is 3.46. The molecule has 2 aromatic heterocycles. The summed E-state index contributed by atoms with van der Waals surface area (Å²) in [5.74, 6) is 0.470. The summed E-state index contributed by atoms with van der Waals surface area (Å²) in [7, 11) is 4.64. The number of rotatable bonds is 11. The number of aromatic nitrogens is 4. The largest absolute Gasteiger partial charge is 0.493 e. The van der Waals surface area contributed by atoms with E-state index in [9.17, 15) is 9.90 Å². The van der Waals surface area contributed by atoms with Gasteiger partial charge >= 0.3 is 5.97 Å². The summed E-state index contributed by atoms with van der Waals surface area (Å²) >= 11 is 1.16. The molecule has 0 radical (unpaired) electrons. The Bertz CT molecular complexity index is 1320. The lowest BCUT2D eigenvalue weighted by atomic mass is 9.99. The third-order valence-electron chi connectivity index (χ3n) is 5.86. The third kappa shape index (κ3) is 5.07. The number of benzene rings is 2. The smallest absolute Gasteiger partial charge is 0.354 e. The number of nitrogens with zero attached hydrogens (tertiary/aromatic N) is 4. The lowest BCUT2D eigenvalue weighted by Gasteiger charge is -2.14. The van der Waals surface area contributed by atoms with E-state index < -0.39 is 5.97 Å². The Morgan fingerprint density at radius 1 is 1.00 bits per heavy atom. The molecule has 2 aromatic carbocycles. The van der Waals surface area contributed by atoms with Gasteiger partial charge in [-0.3, -0.25) is 4.68 Å². The Balaban J connectivity index is 1.77. The van der Waals surface area contributed by atoms with Crippen LogP contribution in [0.1, 0.15) is 52.6 Å². The van der Waals surface area contributed by atoms with Gasteiger partial charge in [-0.15, -0.1) is 0 Å². The van der Waals surface area contributed by atoms with Crippen molar-refractivity contribution in [2.45, 2.75) is 39.2 Å². The Hall–Kier alpha value is -3.66. The monoisotopic (exact) mass is 496 g/mol. The first kappa shape index (κ1) is 24.5. The van der Waals surface area contributed by atoms with E-state index >= 15 is 0 Å². The van der Waals surface area contributed by atoms with Crippen molar-refractivity contribution in [3.05, 3.63) is 58.4 Å². The van der Waals surface area contributed by atoms with E-state index in [0.29, 0.717) is 30.1 Å². The van der Waals surface area contributed by atoms with Crippen LogP contribution in [0.15, 0.2) is 30.3 Å². The van der Waals surface area contributed by atoms with Gasteiger partial charge in [0.05, 0.1) is 45.3 Å². The summed E-state index contributed by atoms with van der Waals surface area (Å²) < 4.78 is 26.5. The van der Waals surface area contributed by atoms with E-state index in [4.69, 9.17) is 19.3 Å². The molecule has 4 aromatic rings. The molecule has 0 spiro atoms. The van der Waals surface area contributed by atoms with Crippen molar-refractivity contribution in [1.29, 1.82) is 0 Å². The number of carbonyl (C=O) groups is 1. The van der Waals surface area contributed by atoms with Crippen LogP contribution in [-0.2, 0) is 19.4 Å². The molecule has 0 saturated heterocycles. The number of hydrogen-bond acceptors (Lipinski definition) is 8. The summed E-state index contributed by atoms with van der Waals surface area (Å²) in [6, 6.07) is 9.47. The van der Waals surface area contributed by atoms with Crippen LogP contribution < -0.4 is 14.2 Å². The van der Waals surface area contributed by atoms with Gasteiger partial charge in [0.25, 0.3) is 0 Å². The van der Waals surface area contributed by atoms with Gasteiger partial charge in [-0.05, 0) is 48.2 Å². The second-order valence-corrected chi connectivity index (χ2v) is 8.67. The zero-order valence-electron chi connectivity index (χ0n) is 20.2. The number of carboxylic acids is 1. The maximum absolute atomic E-state index is 12.5. The SMILES string of the molecule is CCCCc1nn(Cc2cc(OC)c(OC)c(OC)c2)c(C(=O)O)c1Cc1ccc2nsnc2c1. The number of unbranched alkanes of at least 4 members (excludes halogenated alkanes) is 1. The van der Waals surface area contributed by atoms with Crippen molar-refractivity contribution in [1.82, 2.24) is 18.5 Å². The fourth-order valence-electron chi connectivity index (χ4n) is 4.17. The van der Waals surface area contributed by atoms with Crippen molar-refractivity contribution in [3.63, 3.8) is 0 Å². The van der Waals surface area contributed by atoms with E-state index in [0.717, 1.165) is 58.0 Å². The standard InChI is InChI=1S/C25H28N4O5S/c1-5-6-7-18-17(10-15-8-9-19-20(11-15)28-35-27-19)23(25(30)31)29(26-18)14-16-12-21(32-2)24(34-4)22(13-16)33-3/h8-9,11-13H,5-7,10,14H2,1-4H3,(H,30,31). The first-order valence-electron chi connectivity index (χ1n) is 11.3. The topological polar surface area (TPSA) is 109 Å². The molecule has 0 aliphatic heterocycles. The van der Waals surface area contributed by atoms with Crippen LogP contribution in [-0.4, -0.2) is 50.9 Å². The molecule has 35 heavy (non-hydrogen) atoms. The van der Waals surface area contributed by atoms with Gasteiger partial charge in [-0.2, -0.15) is 13.8 Å². The van der Waals surface area contributed by atoms with Crippen molar-refractivity contribution in [3.8, 4) is 17.2 Å². The predicted octanol–water partition coefficient (Wildman–Crippen LogP) is 4.59. The van der Waals surface area contributed by atoms with E-state index in [2.05, 4.69) is 15.7 Å². The van der Waals surface area contributed by atoms with Crippen LogP contribution >= 0.6 is 11.7 Å². The maximum atomic E-state index is 12.5. The van der Waals surface area contributed by atoms with Gasteiger partial charge in [0.2, 0.25) is 5.75 Å². The zero-order chi connectivity index (χ0) is 24.9. The Morgan fingerprint density at radius 3 is 2.34 bits per heavy atom. The van der Waals surface area contributed by atoms with Crippen LogP contribution in [0.5, 0.6) is 17.2 Å². The van der Waals surface area contributed by atoms with Gasteiger partial charge in [-0.25, -0.2) is 4.79 Å². The van der Waals surface area contributed by atoms with Crippen molar-refractivity contribution >= 4 is 28.7 Å². The molecule has 0 fully saturated rings. The first-order chi connectivity index (χ1) is 17.0. The number of ether oxygens (including phenoxy) is 3. The highest BCUT2D eigenvalue weighted by Crippen LogP contribution is 2.38. The van der Waals surface area contributed by atoms with Crippen LogP contribution in [0.3, 0.4) is 0 Å². The molecule has 2 heterocycles. The Kier molecular flexibility index (Phi) is 7.50. The number of methoxy groups -OCH3 is 3. The predicted molar refractivity (Wildman–Crippen MR) is 133 cm³/mol. The number of fused-ring (bicyclic) bond motifs is 1. The molecular weight excluding hydrogens is 468 g/mol. The molecule has 0 bridgehead atoms. The van der Waals surface area contributed by atoms with E-state index in [1.54, 1.807) is 26.0 Å². The fraction of sp³-hybridized carbons (Fsp3) is 0.360. The van der Waals surface area contributed by atoms with Crippen molar-refractivity contribution in [2.24, 2.45) is 0 Å². The molecule has 0 atom stereocenters. The number of aryl methyl sites for hydroxylation is 1. The molecule has 0 unspecified atom stereocenters. The van der Waals surface area contributed by atoms with E-state index in [1.807, 2.05) is 30.3 Å². The third-order valence-corrected chi connectivity index (χ3v) is 6.42. The summed E-state index contributed by atoms with van der Waals surface area (Å²) in [5, 5.41) is 15.0. The van der Waals surface area contributed by atoms with Gasteiger partial charge in [0, 0.05) is 12.0 Å². The maximum Gasteiger partial charge on any atom is 0.354 e. The van der Waals surface area contributed by atoms with E-state index in [-0.39, 0.29) is 12.2 Å². The molecule has 1 N–H and O–H groups in total. The minimum atomic E-state index is -1.01. The molecule has 4 rings (SSSR count). The van der Waals surface area contributed by atoms with Gasteiger partial charge in [0.1, 0.15) is 16.7 Å². The lowest BCUT2D eigenvalue weighted by Crippen LogP contribution is -2.13. The summed E-state index contributed by atoms with van der Waals surface area (Å²) in [5.41, 5.74) is 5.10. The molecule has 0 amide bonds. The fourth-order valence-corrected chi connectivity index (χ4v) is 4.69. The quantitative estimate of drug-likeness (QED) is 0.321. The van der Waals surface area contributed by atoms with Crippen molar-refractivity contribution in [2.75, 3.05) is 21.3 Å². The number of aromatic carboxylic acids is 1. The second-order valence-electron chi connectivity index (χ2n) is 8.14. The molecular formula is C25H28N4O5S. The van der Waals surface area contributed by atoms with Gasteiger partial charge in [0.15, 0.2) is 11.5 Å². The Labute approximate surface area is 207 Å². The lowest BCUT2D eigenvalue weighted by molar-refractivity contribution is 0.0683. The molecule has 0 aliphatic rings. The highest BCUT2D eigenvalue weighted by molar-refractivity contribution is 7.00. The minimum Gasteiger partial charge on any atom is -0.493 e. The highest BCUT2D eigenvalue weighted by atomic mass is 32.1. The van der Waals surface area contributed by atoms with Crippen LogP contribution in [0.25, 0.3) is 11.0 Å². The van der Waals surface area contributed by atoms with Gasteiger partial charge < -0.3 is 19.3 Å². The zero-order valence-corrected chi connectivity index (χ0v) is 21.0. The normalized spacial score (nSPS) is 11.1. The molecule has 184 valence electrons. The molecule has 0 aliphatic carbocycles. The van der Waals surface area contributed by atoms with Crippen molar-refractivity contribution < 1.29 is 24.1 Å². The van der Waals surface area contributed by atoms with Crippen LogP contribution in [0.2, 0.25) is 0 Å². The summed E-state index contributed by atoms with van der Waals surface area (Å²) in [6.45, 7) is 2.35. The Morgan fingerprint density at radius 2 is 1.71 bits per heavy atom. The van der Waals surface area contributed by atoms with Gasteiger partial charge in [-0.1, -0.05) is 19.4 Å². The van der Waals surface area contributed by atoms with Crippen LogP contribution in [0.4, 0.5) is 0 Å². The highest BCUT2D eigenvalue weighted by Gasteiger charge is 2.24. The molecule has 0 saturated carbocycles. The average molecular weight is 497 g/mol. The second kappa shape index (κ2) is 10.7. The van der Waals surface area contributed by atoms with Crippen LogP contribution in [0, 0.1) is 0 Å². The number of carboxylic acid groups (broad SMARTS) is 1. The summed E-state index contributed by atoms with van der Waals surface area (Å²) in [4.78, 5) is 12.5. The van der Waals surface area contributed by atoms with E-state index in [1.165, 1.54) is 0 Å². The number of hydrogen-bond donors (Lipinski definition) is 1. The molecule has 10 heteroatoms.